The summed E-state index contributed by atoms with van der Waals surface area (Å²) < 4.78 is 1.01. The number of hydrogen-bond donors (Lipinski definition) is 0. The lowest BCUT2D eigenvalue weighted by molar-refractivity contribution is 0.0747. The minimum atomic E-state index is 0.135. The van der Waals surface area contributed by atoms with Crippen molar-refractivity contribution in [3.63, 3.8) is 0 Å². The van der Waals surface area contributed by atoms with Gasteiger partial charge in [0.15, 0.2) is 0 Å². The monoisotopic (exact) mass is 330 g/mol. The Balaban J connectivity index is 1.88. The first-order chi connectivity index (χ1) is 8.56. The van der Waals surface area contributed by atoms with Gasteiger partial charge in [0.1, 0.15) is 0 Å². The van der Waals surface area contributed by atoms with Gasteiger partial charge in [-0.15, -0.1) is 11.3 Å². The molecule has 1 aromatic rings. The van der Waals surface area contributed by atoms with Crippen LogP contribution < -0.4 is 0 Å². The molecule has 0 N–H and O–H groups in total. The smallest absolute Gasteiger partial charge is 0.254 e. The summed E-state index contributed by atoms with van der Waals surface area (Å²) in [6, 6.07) is 1.90. The minimum absolute atomic E-state index is 0.135. The maximum absolute atomic E-state index is 12.2. The number of carbonyl (C=O) groups is 1. The van der Waals surface area contributed by atoms with Crippen LogP contribution in [0.25, 0.3) is 0 Å². The van der Waals surface area contributed by atoms with Gasteiger partial charge in [-0.25, -0.2) is 0 Å². The van der Waals surface area contributed by atoms with Gasteiger partial charge in [0.25, 0.3) is 5.91 Å². The molecule has 2 heterocycles. The van der Waals surface area contributed by atoms with Gasteiger partial charge in [-0.05, 0) is 60.9 Å². The SMILES string of the molecule is CN1CCC(CN(C)C(=O)c2csc(Br)c2)CC1. The van der Waals surface area contributed by atoms with Crippen molar-refractivity contribution >= 4 is 33.2 Å². The average molecular weight is 331 g/mol. The van der Waals surface area contributed by atoms with E-state index in [2.05, 4.69) is 27.9 Å². The van der Waals surface area contributed by atoms with Crippen LogP contribution in [0.2, 0.25) is 0 Å². The van der Waals surface area contributed by atoms with Crippen molar-refractivity contribution in [2.75, 3.05) is 33.7 Å². The molecule has 0 radical (unpaired) electrons. The standard InChI is InChI=1S/C13H19BrN2OS/c1-15-5-3-10(4-6-15)8-16(2)13(17)11-7-12(14)18-9-11/h7,9-10H,3-6,8H2,1-2H3. The third-order valence-electron chi connectivity index (χ3n) is 3.53. The third-order valence-corrected chi connectivity index (χ3v) is 5.04. The van der Waals surface area contributed by atoms with E-state index in [-0.39, 0.29) is 5.91 Å². The van der Waals surface area contributed by atoms with E-state index in [1.807, 2.05) is 23.4 Å². The second-order valence-electron chi connectivity index (χ2n) is 5.07. The Morgan fingerprint density at radius 2 is 2.22 bits per heavy atom. The lowest BCUT2D eigenvalue weighted by Gasteiger charge is -2.31. The Bertz CT molecular complexity index is 413. The molecule has 0 aliphatic carbocycles. The molecule has 1 aliphatic heterocycles. The van der Waals surface area contributed by atoms with Crippen molar-refractivity contribution in [1.29, 1.82) is 0 Å². The van der Waals surface area contributed by atoms with Crippen molar-refractivity contribution < 1.29 is 4.79 Å². The maximum Gasteiger partial charge on any atom is 0.254 e. The normalized spacial score (nSPS) is 17.9. The highest BCUT2D eigenvalue weighted by Gasteiger charge is 2.21. The van der Waals surface area contributed by atoms with E-state index in [9.17, 15) is 4.79 Å². The Morgan fingerprint density at radius 1 is 1.56 bits per heavy atom. The fourth-order valence-corrected chi connectivity index (χ4v) is 3.49. The maximum atomic E-state index is 12.2. The number of likely N-dealkylation sites (tertiary alicyclic amines) is 1. The molecule has 3 nitrogen and oxygen atoms in total. The van der Waals surface area contributed by atoms with E-state index in [0.717, 1.165) is 29.0 Å². The molecule has 0 saturated carbocycles. The molecular formula is C13H19BrN2OS. The molecule has 1 aliphatic rings. The summed E-state index contributed by atoms with van der Waals surface area (Å²) in [5, 5.41) is 1.91. The molecule has 1 amide bonds. The van der Waals surface area contributed by atoms with Crippen LogP contribution in [-0.4, -0.2) is 49.4 Å². The van der Waals surface area contributed by atoms with Crippen LogP contribution in [0, 0.1) is 5.92 Å². The zero-order valence-corrected chi connectivity index (χ0v) is 13.3. The first kappa shape index (κ1) is 14.0. The summed E-state index contributed by atoms with van der Waals surface area (Å²) in [4.78, 5) is 16.4. The topological polar surface area (TPSA) is 23.6 Å². The van der Waals surface area contributed by atoms with Crippen molar-refractivity contribution in [1.82, 2.24) is 9.80 Å². The molecule has 2 rings (SSSR count). The fourth-order valence-electron chi connectivity index (χ4n) is 2.36. The summed E-state index contributed by atoms with van der Waals surface area (Å²) >= 11 is 4.96. The van der Waals surface area contributed by atoms with Crippen LogP contribution in [0.3, 0.4) is 0 Å². The van der Waals surface area contributed by atoms with Crippen molar-refractivity contribution in [2.45, 2.75) is 12.8 Å². The predicted octanol–water partition coefficient (Wildman–Crippen LogP) is 2.92. The summed E-state index contributed by atoms with van der Waals surface area (Å²) in [5.74, 6) is 0.785. The first-order valence-electron chi connectivity index (χ1n) is 6.24. The van der Waals surface area contributed by atoms with Gasteiger partial charge in [-0.2, -0.15) is 0 Å². The molecule has 1 saturated heterocycles. The molecule has 0 unspecified atom stereocenters. The van der Waals surface area contributed by atoms with E-state index < -0.39 is 0 Å². The zero-order valence-electron chi connectivity index (χ0n) is 10.9. The second kappa shape index (κ2) is 6.17. The Kier molecular flexibility index (Phi) is 4.81. The van der Waals surface area contributed by atoms with Crippen LogP contribution in [0.1, 0.15) is 23.2 Å². The molecule has 0 atom stereocenters. The quantitative estimate of drug-likeness (QED) is 0.850. The first-order valence-corrected chi connectivity index (χ1v) is 7.91. The third kappa shape index (κ3) is 3.56. The van der Waals surface area contributed by atoms with Gasteiger partial charge in [0, 0.05) is 19.0 Å². The van der Waals surface area contributed by atoms with E-state index in [1.165, 1.54) is 12.8 Å². The molecule has 100 valence electrons. The second-order valence-corrected chi connectivity index (χ2v) is 7.36. The Hall–Kier alpha value is -0.390. The molecule has 1 aromatic heterocycles. The highest BCUT2D eigenvalue weighted by molar-refractivity contribution is 9.11. The van der Waals surface area contributed by atoms with Gasteiger partial charge in [0.05, 0.1) is 9.35 Å². The molecule has 0 spiro atoms. The fraction of sp³-hybridized carbons (Fsp3) is 0.615. The van der Waals surface area contributed by atoms with Gasteiger partial charge in [0.2, 0.25) is 0 Å². The number of amides is 1. The number of thiophene rings is 1. The van der Waals surface area contributed by atoms with Gasteiger partial charge >= 0.3 is 0 Å². The van der Waals surface area contributed by atoms with Crippen molar-refractivity contribution in [3.8, 4) is 0 Å². The predicted molar refractivity (Wildman–Crippen MR) is 79.2 cm³/mol. The molecule has 1 fully saturated rings. The highest BCUT2D eigenvalue weighted by Crippen LogP contribution is 2.23. The number of rotatable bonds is 3. The van der Waals surface area contributed by atoms with Gasteiger partial charge < -0.3 is 9.80 Å². The molecular weight excluding hydrogens is 312 g/mol. The van der Waals surface area contributed by atoms with Crippen LogP contribution in [0.15, 0.2) is 15.2 Å². The lowest BCUT2D eigenvalue weighted by atomic mass is 9.96. The van der Waals surface area contributed by atoms with Crippen LogP contribution in [-0.2, 0) is 0 Å². The van der Waals surface area contributed by atoms with Crippen LogP contribution >= 0.6 is 27.3 Å². The molecule has 18 heavy (non-hydrogen) atoms. The van der Waals surface area contributed by atoms with Gasteiger partial charge in [-0.3, -0.25) is 4.79 Å². The summed E-state index contributed by atoms with van der Waals surface area (Å²) in [6.45, 7) is 3.17. The number of nitrogens with zero attached hydrogens (tertiary/aromatic N) is 2. The molecule has 0 bridgehead atoms. The van der Waals surface area contributed by atoms with Crippen molar-refractivity contribution in [3.05, 3.63) is 20.8 Å². The van der Waals surface area contributed by atoms with E-state index in [4.69, 9.17) is 0 Å². The minimum Gasteiger partial charge on any atom is -0.341 e. The molecule has 5 heteroatoms. The van der Waals surface area contributed by atoms with E-state index >= 15 is 0 Å². The van der Waals surface area contributed by atoms with Crippen molar-refractivity contribution in [2.24, 2.45) is 5.92 Å². The summed E-state index contributed by atoms with van der Waals surface area (Å²) in [7, 11) is 4.07. The highest BCUT2D eigenvalue weighted by atomic mass is 79.9. The summed E-state index contributed by atoms with van der Waals surface area (Å²) in [6.07, 6.45) is 2.39. The Labute approximate surface area is 121 Å². The average Bonchev–Trinajstić information content (AvgIpc) is 2.78. The number of piperidine rings is 1. The number of hydrogen-bond acceptors (Lipinski definition) is 3. The van der Waals surface area contributed by atoms with Gasteiger partial charge in [-0.1, -0.05) is 0 Å². The molecule has 0 aromatic carbocycles. The van der Waals surface area contributed by atoms with E-state index in [1.54, 1.807) is 11.3 Å². The number of halogens is 1. The summed E-state index contributed by atoms with van der Waals surface area (Å²) in [5.41, 5.74) is 0.794. The van der Waals surface area contributed by atoms with Crippen LogP contribution in [0.4, 0.5) is 0 Å². The number of carbonyl (C=O) groups excluding carboxylic acids is 1. The largest absolute Gasteiger partial charge is 0.341 e. The van der Waals surface area contributed by atoms with Crippen LogP contribution in [0.5, 0.6) is 0 Å². The zero-order chi connectivity index (χ0) is 13.1. The lowest BCUT2D eigenvalue weighted by Crippen LogP contribution is -2.37. The Morgan fingerprint density at radius 3 is 2.78 bits per heavy atom. The van der Waals surface area contributed by atoms with E-state index in [0.29, 0.717) is 5.92 Å².